The molecule has 1 aliphatic heterocycles. The van der Waals surface area contributed by atoms with Gasteiger partial charge in [0.15, 0.2) is 0 Å². The van der Waals surface area contributed by atoms with Crippen molar-refractivity contribution in [3.63, 3.8) is 0 Å². The van der Waals surface area contributed by atoms with E-state index in [4.69, 9.17) is 14.7 Å². The van der Waals surface area contributed by atoms with Crippen LogP contribution in [0.5, 0.6) is 11.5 Å². The van der Waals surface area contributed by atoms with Crippen LogP contribution >= 0.6 is 0 Å². The zero-order valence-corrected chi connectivity index (χ0v) is 34.1. The van der Waals surface area contributed by atoms with E-state index in [1.165, 1.54) is 0 Å². The fourth-order valence-corrected chi connectivity index (χ4v) is 10.8. The summed E-state index contributed by atoms with van der Waals surface area (Å²) in [5, 5.41) is 0. The molecule has 3 aromatic heterocycles. The molecule has 4 heterocycles. The fraction of sp³-hybridized carbons (Fsp3) is 0.143. The molecular formula is C56H42N4O. The van der Waals surface area contributed by atoms with Crippen molar-refractivity contribution in [2.24, 2.45) is 0 Å². The van der Waals surface area contributed by atoms with Gasteiger partial charge in [-0.05, 0) is 118 Å². The molecule has 2 aliphatic carbocycles. The van der Waals surface area contributed by atoms with Gasteiger partial charge in [0.05, 0.1) is 33.4 Å². The van der Waals surface area contributed by atoms with E-state index in [-0.39, 0.29) is 0 Å². The van der Waals surface area contributed by atoms with Gasteiger partial charge in [0.2, 0.25) is 5.78 Å². The molecule has 0 amide bonds. The SMILES string of the molecule is [2H]C1(c2cc3c(cc2-c2cc(-n4c5ccccc5n5c6ccccc6nc45)cc4c2Oc2ccccc2C4(C)C)-c2ccccc2-c2ncccc2-c2ccccc2-3)CCCC1. The molecule has 0 unspecified atom stereocenters. The highest BCUT2D eigenvalue weighted by atomic mass is 16.5. The van der Waals surface area contributed by atoms with Crippen LogP contribution in [0.2, 0.25) is 0 Å². The Hall–Kier alpha value is -7.24. The zero-order chi connectivity index (χ0) is 41.3. The summed E-state index contributed by atoms with van der Waals surface area (Å²) in [5.74, 6) is 1.77. The maximum absolute atomic E-state index is 10.4. The molecule has 10 aromatic rings. The van der Waals surface area contributed by atoms with E-state index in [9.17, 15) is 1.37 Å². The Kier molecular flexibility index (Phi) is 7.09. The largest absolute Gasteiger partial charge is 0.456 e. The molecule has 5 heteroatoms. The Bertz CT molecular complexity index is 3510. The van der Waals surface area contributed by atoms with Crippen LogP contribution < -0.4 is 4.74 Å². The highest BCUT2D eigenvalue weighted by Crippen LogP contribution is 2.56. The number of imidazole rings is 2. The summed E-state index contributed by atoms with van der Waals surface area (Å²) in [5.41, 5.74) is 18.9. The third-order valence-electron chi connectivity index (χ3n) is 13.7. The summed E-state index contributed by atoms with van der Waals surface area (Å²) in [4.78, 5) is 10.4. The Morgan fingerprint density at radius 3 is 2.03 bits per heavy atom. The van der Waals surface area contributed by atoms with Gasteiger partial charge in [-0.25, -0.2) is 4.98 Å². The van der Waals surface area contributed by atoms with Crippen LogP contribution in [-0.4, -0.2) is 18.9 Å². The summed E-state index contributed by atoms with van der Waals surface area (Å²) >= 11 is 0. The molecule has 7 aromatic carbocycles. The van der Waals surface area contributed by atoms with Crippen LogP contribution in [0, 0.1) is 0 Å². The first kappa shape index (κ1) is 33.6. The van der Waals surface area contributed by atoms with Gasteiger partial charge in [0.25, 0.3) is 0 Å². The van der Waals surface area contributed by atoms with Gasteiger partial charge in [-0.2, -0.15) is 0 Å². The highest BCUT2D eigenvalue weighted by molar-refractivity contribution is 6.04. The number of hydrogen-bond acceptors (Lipinski definition) is 3. The molecular weight excluding hydrogens is 745 g/mol. The quantitative estimate of drug-likeness (QED) is 0.179. The van der Waals surface area contributed by atoms with E-state index >= 15 is 0 Å². The van der Waals surface area contributed by atoms with Crippen LogP contribution in [0.1, 0.15) is 63.5 Å². The summed E-state index contributed by atoms with van der Waals surface area (Å²) in [6.45, 7) is 4.63. The second-order valence-electron chi connectivity index (χ2n) is 17.4. The summed E-state index contributed by atoms with van der Waals surface area (Å²) in [6, 6.07) is 56.6. The first-order valence-corrected chi connectivity index (χ1v) is 21.5. The molecule has 0 spiro atoms. The van der Waals surface area contributed by atoms with Crippen LogP contribution in [0.15, 0.2) is 164 Å². The van der Waals surface area contributed by atoms with Crippen molar-refractivity contribution in [3.05, 3.63) is 181 Å². The number of nitrogens with zero attached hydrogens (tertiary/aromatic N) is 4. The molecule has 0 N–H and O–H groups in total. The van der Waals surface area contributed by atoms with Gasteiger partial charge >= 0.3 is 0 Å². The smallest absolute Gasteiger partial charge is 0.220 e. The van der Waals surface area contributed by atoms with Gasteiger partial charge in [0.1, 0.15) is 11.5 Å². The third kappa shape index (κ3) is 4.95. The monoisotopic (exact) mass is 787 g/mol. The lowest BCUT2D eigenvalue weighted by atomic mass is 9.73. The van der Waals surface area contributed by atoms with Crippen LogP contribution in [0.4, 0.5) is 0 Å². The minimum atomic E-state index is -0.792. The van der Waals surface area contributed by atoms with Crippen molar-refractivity contribution in [1.29, 1.82) is 0 Å². The van der Waals surface area contributed by atoms with E-state index in [0.717, 1.165) is 143 Å². The Labute approximate surface area is 356 Å². The number of fused-ring (bicyclic) bond motifs is 15. The normalized spacial score (nSPS) is 15.7. The second-order valence-corrected chi connectivity index (χ2v) is 17.4. The van der Waals surface area contributed by atoms with E-state index in [2.05, 4.69) is 174 Å². The maximum Gasteiger partial charge on any atom is 0.220 e. The van der Waals surface area contributed by atoms with Crippen molar-refractivity contribution in [2.45, 2.75) is 50.8 Å². The van der Waals surface area contributed by atoms with Gasteiger partial charge in [-0.1, -0.05) is 124 Å². The van der Waals surface area contributed by atoms with E-state index in [0.29, 0.717) is 0 Å². The average molecular weight is 788 g/mol. The van der Waals surface area contributed by atoms with Crippen LogP contribution in [-0.2, 0) is 5.41 Å². The fourth-order valence-electron chi connectivity index (χ4n) is 10.8. The minimum absolute atomic E-state index is 0.412. The van der Waals surface area contributed by atoms with Crippen molar-refractivity contribution in [3.8, 4) is 73.0 Å². The molecule has 13 rings (SSSR count). The predicted octanol–water partition coefficient (Wildman–Crippen LogP) is 14.6. The first-order valence-electron chi connectivity index (χ1n) is 22.0. The molecule has 3 aliphatic rings. The van der Waals surface area contributed by atoms with Gasteiger partial charge in [-0.15, -0.1) is 0 Å². The molecule has 61 heavy (non-hydrogen) atoms. The number of hydrogen-bond donors (Lipinski definition) is 0. The predicted molar refractivity (Wildman–Crippen MR) is 248 cm³/mol. The number of pyridine rings is 1. The molecule has 5 nitrogen and oxygen atoms in total. The molecule has 292 valence electrons. The molecule has 1 saturated carbocycles. The van der Waals surface area contributed by atoms with Crippen LogP contribution in [0.25, 0.3) is 89.3 Å². The Morgan fingerprint density at radius 2 is 1.21 bits per heavy atom. The maximum atomic E-state index is 10.4. The lowest BCUT2D eigenvalue weighted by molar-refractivity contribution is 0.419. The Morgan fingerprint density at radius 1 is 0.574 bits per heavy atom. The van der Waals surface area contributed by atoms with Gasteiger partial charge in [0, 0.05) is 40.8 Å². The minimum Gasteiger partial charge on any atom is -0.456 e. The summed E-state index contributed by atoms with van der Waals surface area (Å²) in [7, 11) is 0. The number of ether oxygens (including phenoxy) is 1. The number of para-hydroxylation sites is 5. The van der Waals surface area contributed by atoms with Crippen molar-refractivity contribution >= 4 is 27.8 Å². The lowest BCUT2D eigenvalue weighted by Crippen LogP contribution is -2.25. The molecule has 0 radical (unpaired) electrons. The van der Waals surface area contributed by atoms with Gasteiger partial charge < -0.3 is 4.74 Å². The highest BCUT2D eigenvalue weighted by Gasteiger charge is 2.38. The average Bonchev–Trinajstić information content (AvgIpc) is 4.01. The number of benzene rings is 7. The number of rotatable bonds is 3. The number of aromatic nitrogens is 4. The molecule has 0 bridgehead atoms. The zero-order valence-electron chi connectivity index (χ0n) is 35.1. The lowest BCUT2D eigenvalue weighted by Gasteiger charge is -2.36. The third-order valence-corrected chi connectivity index (χ3v) is 13.7. The van der Waals surface area contributed by atoms with E-state index in [1.807, 2.05) is 12.3 Å². The molecule has 0 saturated heterocycles. The van der Waals surface area contributed by atoms with E-state index < -0.39 is 11.3 Å². The van der Waals surface area contributed by atoms with Crippen LogP contribution in [0.3, 0.4) is 0 Å². The summed E-state index contributed by atoms with van der Waals surface area (Å²) < 4.78 is 22.2. The molecule has 1 fully saturated rings. The van der Waals surface area contributed by atoms with Crippen molar-refractivity contribution in [1.82, 2.24) is 18.9 Å². The second kappa shape index (κ2) is 12.9. The van der Waals surface area contributed by atoms with Gasteiger partial charge in [-0.3, -0.25) is 14.0 Å². The van der Waals surface area contributed by atoms with Crippen molar-refractivity contribution < 1.29 is 6.11 Å². The standard InChI is InChI=1S/C56H42N4O/c1-56(2)46-23-9-14-28-52(46)61-54-45(30-35(31-47(54)56)59-50-26-12-13-27-51(50)60-49-25-11-10-24-48(49)58-55(59)60)44-33-43-38-20-7-8-21-39(38)53-40(22-15-29-57-53)36-18-5-6-19-37(36)42(43)32-41(44)34-16-3-4-17-34/h5-15,18-34H,3-4,16-17H2,1-2H3/i34D. The summed E-state index contributed by atoms with van der Waals surface area (Å²) in [6.07, 6.45) is 5.54. The van der Waals surface area contributed by atoms with E-state index in [1.54, 1.807) is 0 Å². The van der Waals surface area contributed by atoms with Crippen molar-refractivity contribution in [2.75, 3.05) is 0 Å². The topological polar surface area (TPSA) is 44.4 Å². The molecule has 0 atom stereocenters. The first-order chi connectivity index (χ1) is 30.4. The Balaban J connectivity index is 1.18.